The Balaban J connectivity index is 2.23. The van der Waals surface area contributed by atoms with Crippen molar-refractivity contribution >= 4 is 0 Å². The number of nitrogens with one attached hydrogen (secondary N) is 1. The molecule has 1 aromatic rings. The van der Waals surface area contributed by atoms with Crippen LogP contribution < -0.4 is 10.1 Å². The SMILES string of the molecule is COc1cc(C2(CNC(C)C)CC2C)ccc1C. The van der Waals surface area contributed by atoms with Crippen molar-refractivity contribution in [2.75, 3.05) is 13.7 Å². The second-order valence-electron chi connectivity index (χ2n) is 5.98. The van der Waals surface area contributed by atoms with E-state index in [1.165, 1.54) is 17.5 Å². The predicted octanol–water partition coefficient (Wildman–Crippen LogP) is 3.28. The standard InChI is InChI=1S/C16H25NO/c1-11(2)17-10-16(9-13(16)4)14-7-6-12(3)15(8-14)18-5/h6-8,11,13,17H,9-10H2,1-5H3. The van der Waals surface area contributed by atoms with Crippen molar-refractivity contribution in [1.82, 2.24) is 5.32 Å². The first-order chi connectivity index (χ1) is 8.49. The summed E-state index contributed by atoms with van der Waals surface area (Å²) in [4.78, 5) is 0. The summed E-state index contributed by atoms with van der Waals surface area (Å²) in [5.74, 6) is 1.77. The lowest BCUT2D eigenvalue weighted by Gasteiger charge is -2.21. The molecule has 0 bridgehead atoms. The average molecular weight is 247 g/mol. The van der Waals surface area contributed by atoms with Gasteiger partial charge in [-0.15, -0.1) is 0 Å². The first-order valence-corrected chi connectivity index (χ1v) is 6.88. The molecule has 0 radical (unpaired) electrons. The molecule has 100 valence electrons. The van der Waals surface area contributed by atoms with Crippen molar-refractivity contribution in [1.29, 1.82) is 0 Å². The van der Waals surface area contributed by atoms with Crippen molar-refractivity contribution in [3.63, 3.8) is 0 Å². The Kier molecular flexibility index (Phi) is 3.67. The van der Waals surface area contributed by atoms with Gasteiger partial charge in [0.15, 0.2) is 0 Å². The lowest BCUT2D eigenvalue weighted by Crippen LogP contribution is -2.33. The van der Waals surface area contributed by atoms with Gasteiger partial charge in [-0.3, -0.25) is 0 Å². The molecule has 1 aliphatic carbocycles. The minimum absolute atomic E-state index is 0.325. The molecule has 1 aliphatic rings. The van der Waals surface area contributed by atoms with Crippen LogP contribution in [0.1, 0.15) is 38.3 Å². The number of methoxy groups -OCH3 is 1. The van der Waals surface area contributed by atoms with Gasteiger partial charge < -0.3 is 10.1 Å². The van der Waals surface area contributed by atoms with E-state index in [2.05, 4.69) is 51.2 Å². The van der Waals surface area contributed by atoms with Crippen LogP contribution in [0.3, 0.4) is 0 Å². The predicted molar refractivity (Wildman–Crippen MR) is 76.3 cm³/mol. The molecule has 0 saturated heterocycles. The van der Waals surface area contributed by atoms with E-state index in [1.807, 2.05) is 0 Å². The molecule has 1 fully saturated rings. The van der Waals surface area contributed by atoms with Crippen molar-refractivity contribution in [3.8, 4) is 5.75 Å². The van der Waals surface area contributed by atoms with Gasteiger partial charge in [-0.25, -0.2) is 0 Å². The Morgan fingerprint density at radius 1 is 1.44 bits per heavy atom. The van der Waals surface area contributed by atoms with Crippen LogP contribution in [0.4, 0.5) is 0 Å². The Labute approximate surface area is 111 Å². The van der Waals surface area contributed by atoms with Gasteiger partial charge in [0.05, 0.1) is 7.11 Å². The number of hydrogen-bond donors (Lipinski definition) is 1. The first kappa shape index (κ1) is 13.4. The zero-order valence-corrected chi connectivity index (χ0v) is 12.2. The van der Waals surface area contributed by atoms with Crippen molar-refractivity contribution in [2.45, 2.75) is 45.6 Å². The molecule has 2 unspecified atom stereocenters. The van der Waals surface area contributed by atoms with Gasteiger partial charge in [0.1, 0.15) is 5.75 Å². The molecule has 1 saturated carbocycles. The van der Waals surface area contributed by atoms with E-state index in [0.717, 1.165) is 18.2 Å². The van der Waals surface area contributed by atoms with Crippen LogP contribution in [0.15, 0.2) is 18.2 Å². The van der Waals surface area contributed by atoms with Crippen molar-refractivity contribution < 1.29 is 4.74 Å². The summed E-state index contributed by atoms with van der Waals surface area (Å²) < 4.78 is 5.45. The normalized spacial score (nSPS) is 26.4. The molecule has 2 heteroatoms. The van der Waals surface area contributed by atoms with Crippen LogP contribution in [0, 0.1) is 12.8 Å². The Bertz CT molecular complexity index is 427. The summed E-state index contributed by atoms with van der Waals surface area (Å²) in [6.45, 7) is 9.91. The zero-order valence-electron chi connectivity index (χ0n) is 12.2. The van der Waals surface area contributed by atoms with Crippen LogP contribution in [-0.2, 0) is 5.41 Å². The van der Waals surface area contributed by atoms with Crippen molar-refractivity contribution in [2.24, 2.45) is 5.92 Å². The molecule has 0 heterocycles. The van der Waals surface area contributed by atoms with E-state index >= 15 is 0 Å². The summed E-state index contributed by atoms with van der Waals surface area (Å²) in [7, 11) is 1.75. The monoisotopic (exact) mass is 247 g/mol. The number of benzene rings is 1. The highest BCUT2D eigenvalue weighted by Gasteiger charge is 2.52. The Morgan fingerprint density at radius 2 is 2.11 bits per heavy atom. The minimum Gasteiger partial charge on any atom is -0.496 e. The summed E-state index contributed by atoms with van der Waals surface area (Å²) >= 11 is 0. The molecule has 0 amide bonds. The first-order valence-electron chi connectivity index (χ1n) is 6.88. The molecule has 2 atom stereocenters. The minimum atomic E-state index is 0.325. The lowest BCUT2D eigenvalue weighted by molar-refractivity contribution is 0.409. The van der Waals surface area contributed by atoms with Crippen LogP contribution in [0.5, 0.6) is 5.75 Å². The van der Waals surface area contributed by atoms with E-state index in [1.54, 1.807) is 7.11 Å². The van der Waals surface area contributed by atoms with E-state index in [0.29, 0.717) is 11.5 Å². The van der Waals surface area contributed by atoms with E-state index in [4.69, 9.17) is 4.74 Å². The fourth-order valence-corrected chi connectivity index (χ4v) is 2.75. The fraction of sp³-hybridized carbons (Fsp3) is 0.625. The second-order valence-corrected chi connectivity index (χ2v) is 5.98. The summed E-state index contributed by atoms with van der Waals surface area (Å²) in [6.07, 6.45) is 1.28. The van der Waals surface area contributed by atoms with Gasteiger partial charge in [-0.2, -0.15) is 0 Å². The van der Waals surface area contributed by atoms with Crippen LogP contribution >= 0.6 is 0 Å². The number of hydrogen-bond acceptors (Lipinski definition) is 2. The smallest absolute Gasteiger partial charge is 0.122 e. The third-order valence-corrected chi connectivity index (χ3v) is 4.26. The third kappa shape index (κ3) is 2.39. The lowest BCUT2D eigenvalue weighted by atomic mass is 9.92. The maximum atomic E-state index is 5.45. The van der Waals surface area contributed by atoms with Gasteiger partial charge in [0.2, 0.25) is 0 Å². The number of aryl methyl sites for hydroxylation is 1. The van der Waals surface area contributed by atoms with Crippen LogP contribution in [0.25, 0.3) is 0 Å². The van der Waals surface area contributed by atoms with E-state index < -0.39 is 0 Å². The molecule has 0 aliphatic heterocycles. The largest absolute Gasteiger partial charge is 0.496 e. The summed E-state index contributed by atoms with van der Waals surface area (Å²) in [5.41, 5.74) is 2.96. The molecule has 1 aromatic carbocycles. The topological polar surface area (TPSA) is 21.3 Å². The molecule has 2 rings (SSSR count). The maximum absolute atomic E-state index is 5.45. The molecule has 0 spiro atoms. The number of ether oxygens (including phenoxy) is 1. The van der Waals surface area contributed by atoms with Crippen LogP contribution in [-0.4, -0.2) is 19.7 Å². The fourth-order valence-electron chi connectivity index (χ4n) is 2.75. The van der Waals surface area contributed by atoms with Gasteiger partial charge in [0.25, 0.3) is 0 Å². The molecule has 18 heavy (non-hydrogen) atoms. The van der Waals surface area contributed by atoms with Gasteiger partial charge in [0, 0.05) is 18.0 Å². The quantitative estimate of drug-likeness (QED) is 0.862. The van der Waals surface area contributed by atoms with Gasteiger partial charge >= 0.3 is 0 Å². The molecular weight excluding hydrogens is 222 g/mol. The van der Waals surface area contributed by atoms with Crippen LogP contribution in [0.2, 0.25) is 0 Å². The van der Waals surface area contributed by atoms with E-state index in [9.17, 15) is 0 Å². The van der Waals surface area contributed by atoms with Crippen molar-refractivity contribution in [3.05, 3.63) is 29.3 Å². The van der Waals surface area contributed by atoms with Gasteiger partial charge in [-0.1, -0.05) is 32.9 Å². The van der Waals surface area contributed by atoms with Gasteiger partial charge in [-0.05, 0) is 36.5 Å². The molecular formula is C16H25NO. The highest BCUT2D eigenvalue weighted by atomic mass is 16.5. The summed E-state index contributed by atoms with van der Waals surface area (Å²) in [6, 6.07) is 7.21. The number of rotatable bonds is 5. The molecule has 1 N–H and O–H groups in total. The van der Waals surface area contributed by atoms with E-state index in [-0.39, 0.29) is 0 Å². The highest BCUT2D eigenvalue weighted by Crippen LogP contribution is 2.54. The maximum Gasteiger partial charge on any atom is 0.122 e. The zero-order chi connectivity index (χ0) is 13.3. The summed E-state index contributed by atoms with van der Waals surface area (Å²) in [5, 5.41) is 3.59. The highest BCUT2D eigenvalue weighted by molar-refractivity contribution is 5.43. The Morgan fingerprint density at radius 3 is 2.61 bits per heavy atom. The molecule has 0 aromatic heterocycles. The second kappa shape index (κ2) is 4.93. The molecule has 2 nitrogen and oxygen atoms in total. The average Bonchev–Trinajstić information content (AvgIpc) is 2.99. The Hall–Kier alpha value is -1.02. The third-order valence-electron chi connectivity index (χ3n) is 4.26.